The van der Waals surface area contributed by atoms with E-state index in [9.17, 15) is 34.3 Å². The van der Waals surface area contributed by atoms with Crippen molar-refractivity contribution in [1.29, 1.82) is 0 Å². The van der Waals surface area contributed by atoms with E-state index >= 15 is 0 Å². The van der Waals surface area contributed by atoms with Crippen molar-refractivity contribution < 1.29 is 39.1 Å². The molecule has 1 aliphatic heterocycles. The second-order valence-electron chi connectivity index (χ2n) is 10.5. The summed E-state index contributed by atoms with van der Waals surface area (Å²) in [6, 6.07) is 7.55. The summed E-state index contributed by atoms with van der Waals surface area (Å²) in [7, 11) is -0.380. The molecule has 214 valence electrons. The van der Waals surface area contributed by atoms with Crippen LogP contribution >= 0.6 is 47.8 Å². The van der Waals surface area contributed by atoms with E-state index in [0.29, 0.717) is 14.5 Å². The molecule has 2 amide bonds. The Morgan fingerprint density at radius 3 is 2.43 bits per heavy atom. The van der Waals surface area contributed by atoms with Gasteiger partial charge in [0, 0.05) is 27.6 Å². The normalized spacial score (nSPS) is 25.1. The number of aromatic hydroxyl groups is 1. The Morgan fingerprint density at radius 2 is 1.74 bits per heavy atom. The van der Waals surface area contributed by atoms with E-state index in [1.54, 1.807) is 12.1 Å². The van der Waals surface area contributed by atoms with E-state index in [4.69, 9.17) is 4.74 Å². The van der Waals surface area contributed by atoms with E-state index in [2.05, 4.69) is 47.8 Å². The van der Waals surface area contributed by atoms with Gasteiger partial charge in [-0.1, -0.05) is 23.8 Å². The van der Waals surface area contributed by atoms with Crippen molar-refractivity contribution in [1.82, 2.24) is 0 Å². The van der Waals surface area contributed by atoms with Gasteiger partial charge in [-0.05, 0) is 95.8 Å². The first kappa shape index (κ1) is 29.2. The number of carbonyl (C=O) groups excluding carboxylic acids is 4. The Hall–Kier alpha value is -2.84. The molecule has 3 aliphatic carbocycles. The maximum absolute atomic E-state index is 14.1. The Morgan fingerprint density at radius 1 is 1.00 bits per heavy atom. The number of anilines is 1. The third kappa shape index (κ3) is 4.31. The average molecular weight is 762 g/mol. The number of rotatable bonds is 4. The van der Waals surface area contributed by atoms with Crippen LogP contribution in [0.2, 0.25) is 0 Å². The topological polar surface area (TPSA) is 141 Å². The smallest absolute Gasteiger partial charge is 0.488 e. The Bertz CT molecular complexity index is 1710. The summed E-state index contributed by atoms with van der Waals surface area (Å²) in [5.41, 5.74) is 2.18. The van der Waals surface area contributed by atoms with E-state index in [1.165, 1.54) is 31.4 Å². The number of hydrogen-bond acceptors (Lipinski definition) is 8. The van der Waals surface area contributed by atoms with Crippen LogP contribution in [-0.4, -0.2) is 52.8 Å². The second kappa shape index (κ2) is 10.7. The van der Waals surface area contributed by atoms with Crippen LogP contribution in [0.15, 0.2) is 72.6 Å². The van der Waals surface area contributed by atoms with E-state index in [-0.39, 0.29) is 62.7 Å². The molecular formula is C29H21BBr3NO8. The van der Waals surface area contributed by atoms with Crippen LogP contribution < -0.4 is 15.1 Å². The fourth-order valence-electron chi connectivity index (χ4n) is 6.62. The number of halogens is 3. The van der Waals surface area contributed by atoms with Gasteiger partial charge in [-0.25, -0.2) is 0 Å². The Labute approximate surface area is 265 Å². The predicted octanol–water partition coefficient (Wildman–Crippen LogP) is 3.57. The number of fused-ring (bicyclic) bond motifs is 3. The van der Waals surface area contributed by atoms with Crippen LogP contribution in [0.25, 0.3) is 0 Å². The third-order valence-corrected chi connectivity index (χ3v) is 11.2. The fraction of sp³-hybridized carbons (Fsp3) is 0.241. The highest BCUT2D eigenvalue weighted by Gasteiger charge is 2.57. The third-order valence-electron chi connectivity index (χ3n) is 8.46. The number of Topliss-reactive ketones (excluding diaryl/α,β-unsaturated/α-hetero) is 1. The van der Waals surface area contributed by atoms with Gasteiger partial charge in [-0.2, -0.15) is 0 Å². The number of hydrogen-bond donors (Lipinski definition) is 3. The second-order valence-corrected chi connectivity index (χ2v) is 13.0. The maximum atomic E-state index is 14.1. The zero-order chi connectivity index (χ0) is 30.2. The number of nitrogens with zero attached hydrogens (tertiary/aromatic N) is 1. The number of benzene rings is 2. The van der Waals surface area contributed by atoms with Gasteiger partial charge < -0.3 is 19.9 Å². The molecule has 2 aromatic rings. The van der Waals surface area contributed by atoms with Gasteiger partial charge in [-0.15, -0.1) is 0 Å². The van der Waals surface area contributed by atoms with E-state index < -0.39 is 42.6 Å². The molecule has 13 heteroatoms. The first-order valence-corrected chi connectivity index (χ1v) is 15.3. The summed E-state index contributed by atoms with van der Waals surface area (Å²) in [6.45, 7) is 0. The summed E-state index contributed by atoms with van der Waals surface area (Å²) >= 11 is 10.1. The molecule has 3 N–H and O–H groups in total. The molecule has 0 unspecified atom stereocenters. The largest absolute Gasteiger partial charge is 0.503 e. The minimum Gasteiger partial charge on any atom is -0.503 e. The lowest BCUT2D eigenvalue weighted by Gasteiger charge is -2.42. The molecule has 4 atom stereocenters. The molecule has 9 nitrogen and oxygen atoms in total. The zero-order valence-corrected chi connectivity index (χ0v) is 26.6. The highest BCUT2D eigenvalue weighted by molar-refractivity contribution is 9.13. The number of imide groups is 1. The summed E-state index contributed by atoms with van der Waals surface area (Å²) in [5.74, 6) is -4.45. The van der Waals surface area contributed by atoms with Gasteiger partial charge in [0.25, 0.3) is 0 Å². The van der Waals surface area contributed by atoms with Gasteiger partial charge in [0.1, 0.15) is 0 Å². The zero-order valence-electron chi connectivity index (χ0n) is 21.8. The monoisotopic (exact) mass is 759 g/mol. The SMILES string of the molecule is COc1cc([C@H]2C3=CC[C@@H]4C(=O)N(c5cccc(B(O)O)c5)C(=O)[C@@H]4[C@@H]3CC3=C2C(=O)C=C(Br)C3=O)c(Br)c(Br)c1O. The summed E-state index contributed by atoms with van der Waals surface area (Å²) in [5, 5.41) is 29.9. The molecule has 0 bridgehead atoms. The molecule has 2 aromatic carbocycles. The average Bonchev–Trinajstić information content (AvgIpc) is 3.23. The van der Waals surface area contributed by atoms with Crippen molar-refractivity contribution in [3.63, 3.8) is 0 Å². The van der Waals surface area contributed by atoms with Gasteiger partial charge in [0.15, 0.2) is 23.1 Å². The molecule has 1 heterocycles. The number of carbonyl (C=O) groups is 4. The Kier molecular flexibility index (Phi) is 7.46. The molecule has 1 saturated heterocycles. The van der Waals surface area contributed by atoms with Crippen molar-refractivity contribution in [2.24, 2.45) is 17.8 Å². The maximum Gasteiger partial charge on any atom is 0.488 e. The minimum atomic E-state index is -1.78. The fourth-order valence-corrected chi connectivity index (χ4v) is 8.02. The molecule has 0 aromatic heterocycles. The van der Waals surface area contributed by atoms with Gasteiger partial charge >= 0.3 is 7.12 Å². The van der Waals surface area contributed by atoms with Crippen LogP contribution in [0, 0.1) is 17.8 Å². The number of phenolic OH excluding ortho intramolecular Hbond substituents is 1. The highest BCUT2D eigenvalue weighted by Crippen LogP contribution is 2.58. The van der Waals surface area contributed by atoms with Crippen LogP contribution in [0.4, 0.5) is 5.69 Å². The van der Waals surface area contributed by atoms with Crippen molar-refractivity contribution in [2.75, 3.05) is 12.0 Å². The van der Waals surface area contributed by atoms with E-state index in [0.717, 1.165) is 10.5 Å². The number of ketones is 2. The lowest BCUT2D eigenvalue weighted by molar-refractivity contribution is -0.123. The van der Waals surface area contributed by atoms with E-state index in [1.807, 2.05) is 6.08 Å². The van der Waals surface area contributed by atoms with Crippen molar-refractivity contribution >= 4 is 89.4 Å². The first-order chi connectivity index (χ1) is 20.0. The van der Waals surface area contributed by atoms with Crippen LogP contribution in [0.1, 0.15) is 24.3 Å². The molecule has 4 aliphatic rings. The highest BCUT2D eigenvalue weighted by atomic mass is 79.9. The van der Waals surface area contributed by atoms with Crippen LogP contribution in [0.5, 0.6) is 11.5 Å². The van der Waals surface area contributed by atoms with Crippen molar-refractivity contribution in [2.45, 2.75) is 18.8 Å². The van der Waals surface area contributed by atoms with Gasteiger partial charge in [0.2, 0.25) is 11.8 Å². The summed E-state index contributed by atoms with van der Waals surface area (Å²) in [4.78, 5) is 55.8. The standard InChI is InChI=1S/C29H21BBr3NO8/c1-42-20-9-16(24(32)25(33)27(20)37)21-13-5-6-14-22(15(13)8-17-23(21)19(35)10-18(31)26(17)36)29(39)34(28(14)38)12-4-2-3-11(7-12)30(40)41/h2-5,7,9-10,14-15,21-22,37,40-41H,6,8H2,1H3/t14-,15+,21+,22-/m0/s1. The lowest BCUT2D eigenvalue weighted by Crippen LogP contribution is -2.40. The molecule has 0 saturated carbocycles. The number of ether oxygens (including phenoxy) is 1. The quantitative estimate of drug-likeness (QED) is 0.186. The first-order valence-electron chi connectivity index (χ1n) is 12.9. The van der Waals surface area contributed by atoms with Crippen LogP contribution in [-0.2, 0) is 19.2 Å². The molecule has 0 spiro atoms. The Balaban J connectivity index is 1.51. The van der Waals surface area contributed by atoms with Crippen molar-refractivity contribution in [3.8, 4) is 11.5 Å². The predicted molar refractivity (Wildman–Crippen MR) is 163 cm³/mol. The number of phenols is 1. The number of methoxy groups -OCH3 is 1. The molecule has 1 fully saturated rings. The lowest BCUT2D eigenvalue weighted by atomic mass is 9.59. The summed E-state index contributed by atoms with van der Waals surface area (Å²) in [6.07, 6.45) is 3.45. The summed E-state index contributed by atoms with van der Waals surface area (Å²) < 4.78 is 6.25. The number of amides is 2. The minimum absolute atomic E-state index is 0.0859. The molecule has 0 radical (unpaired) electrons. The van der Waals surface area contributed by atoms with Gasteiger partial charge in [-0.3, -0.25) is 24.1 Å². The van der Waals surface area contributed by atoms with Crippen molar-refractivity contribution in [3.05, 3.63) is 78.2 Å². The molecule has 6 rings (SSSR count). The van der Waals surface area contributed by atoms with Crippen LogP contribution in [0.3, 0.4) is 0 Å². The van der Waals surface area contributed by atoms with Gasteiger partial charge in [0.05, 0.1) is 33.6 Å². The molecule has 42 heavy (non-hydrogen) atoms. The number of allylic oxidation sites excluding steroid dienone is 6. The molecular weight excluding hydrogens is 741 g/mol.